The Bertz CT molecular complexity index is 1070. The molecule has 0 radical (unpaired) electrons. The van der Waals surface area contributed by atoms with Gasteiger partial charge in [0.15, 0.2) is 16.6 Å². The number of hydrogen-bond acceptors (Lipinski definition) is 6. The predicted molar refractivity (Wildman–Crippen MR) is 111 cm³/mol. The van der Waals surface area contributed by atoms with Crippen LogP contribution < -0.4 is 20.1 Å². The first-order chi connectivity index (χ1) is 13.0. The highest BCUT2D eigenvalue weighted by atomic mass is 35.5. The highest BCUT2D eigenvalue weighted by Crippen LogP contribution is 2.37. The summed E-state index contributed by atoms with van der Waals surface area (Å²) in [5.41, 5.74) is 1.56. The van der Waals surface area contributed by atoms with E-state index in [1.807, 2.05) is 36.4 Å². The maximum Gasteiger partial charge on any atom is 0.349 e. The second-order valence-electron chi connectivity index (χ2n) is 5.59. The molecule has 2 aromatic carbocycles. The van der Waals surface area contributed by atoms with E-state index in [0.717, 1.165) is 21.5 Å². The molecule has 1 aliphatic heterocycles. The fourth-order valence-electron chi connectivity index (χ4n) is 2.63. The van der Waals surface area contributed by atoms with E-state index >= 15 is 0 Å². The number of carbonyl (C=O) groups excluding carboxylic acids is 1. The highest BCUT2D eigenvalue weighted by Gasteiger charge is 2.18. The van der Waals surface area contributed by atoms with Crippen LogP contribution in [0.4, 0.5) is 11.4 Å². The lowest BCUT2D eigenvalue weighted by Gasteiger charge is -2.11. The van der Waals surface area contributed by atoms with Crippen molar-refractivity contribution in [2.75, 3.05) is 24.5 Å². The minimum Gasteiger partial charge on any atom is -0.465 e. The van der Waals surface area contributed by atoms with Gasteiger partial charge in [0.25, 0.3) is 0 Å². The number of nitrogens with one attached hydrogen (secondary N) is 2. The van der Waals surface area contributed by atoms with Crippen LogP contribution in [0.25, 0.3) is 10.1 Å². The summed E-state index contributed by atoms with van der Waals surface area (Å²) in [4.78, 5) is 12.2. The Kier molecular flexibility index (Phi) is 4.77. The van der Waals surface area contributed by atoms with Gasteiger partial charge in [-0.2, -0.15) is 0 Å². The van der Waals surface area contributed by atoms with Gasteiger partial charge >= 0.3 is 5.97 Å². The molecule has 0 amide bonds. The standard InChI is InChI=1S/C18H13ClN2O4S2/c1-23-17(22)16-15(19)11-4-2-10(7-14(11)27-16)21-18(26)20-9-3-5-12-13(6-9)25-8-24-12/h2-7H,8H2,1H3,(H2,20,21,26). The van der Waals surface area contributed by atoms with Crippen molar-refractivity contribution >= 4 is 67.7 Å². The summed E-state index contributed by atoms with van der Waals surface area (Å²) >= 11 is 12.9. The van der Waals surface area contributed by atoms with E-state index in [9.17, 15) is 4.79 Å². The molecule has 0 bridgehead atoms. The molecule has 138 valence electrons. The van der Waals surface area contributed by atoms with E-state index in [4.69, 9.17) is 38.0 Å². The quantitative estimate of drug-likeness (QED) is 0.462. The number of fused-ring (bicyclic) bond motifs is 2. The summed E-state index contributed by atoms with van der Waals surface area (Å²) < 4.78 is 16.3. The summed E-state index contributed by atoms with van der Waals surface area (Å²) in [7, 11) is 1.33. The number of ether oxygens (including phenoxy) is 3. The van der Waals surface area contributed by atoms with Crippen molar-refractivity contribution in [1.82, 2.24) is 0 Å². The van der Waals surface area contributed by atoms with Gasteiger partial charge in [0.2, 0.25) is 6.79 Å². The van der Waals surface area contributed by atoms with Crippen LogP contribution in [-0.2, 0) is 4.74 Å². The minimum absolute atomic E-state index is 0.221. The number of thiocarbonyl (C=S) groups is 1. The molecule has 2 N–H and O–H groups in total. The van der Waals surface area contributed by atoms with Gasteiger partial charge in [0, 0.05) is 27.5 Å². The normalized spacial score (nSPS) is 12.1. The molecular formula is C18H13ClN2O4S2. The largest absolute Gasteiger partial charge is 0.465 e. The van der Waals surface area contributed by atoms with Gasteiger partial charge in [0.1, 0.15) is 4.88 Å². The molecule has 9 heteroatoms. The summed E-state index contributed by atoms with van der Waals surface area (Å²) in [6.07, 6.45) is 0. The number of rotatable bonds is 3. The molecule has 4 rings (SSSR count). The summed E-state index contributed by atoms with van der Waals surface area (Å²) in [5, 5.41) is 7.83. The summed E-state index contributed by atoms with van der Waals surface area (Å²) in [6, 6.07) is 11.1. The van der Waals surface area contributed by atoms with Crippen molar-refractivity contribution in [1.29, 1.82) is 0 Å². The van der Waals surface area contributed by atoms with Crippen LogP contribution in [0, 0.1) is 0 Å². The molecule has 0 aliphatic carbocycles. The Labute approximate surface area is 169 Å². The lowest BCUT2D eigenvalue weighted by molar-refractivity contribution is 0.0606. The Balaban J connectivity index is 1.51. The fraction of sp³-hybridized carbons (Fsp3) is 0.111. The van der Waals surface area contributed by atoms with Crippen LogP contribution in [0.1, 0.15) is 9.67 Å². The molecule has 0 atom stereocenters. The molecule has 0 fully saturated rings. The molecule has 0 spiro atoms. The first-order valence-electron chi connectivity index (χ1n) is 7.83. The average Bonchev–Trinajstić information content (AvgIpc) is 3.25. The highest BCUT2D eigenvalue weighted by molar-refractivity contribution is 7.80. The number of thiophene rings is 1. The number of halogens is 1. The second kappa shape index (κ2) is 7.22. The number of anilines is 2. The van der Waals surface area contributed by atoms with E-state index in [0.29, 0.717) is 26.5 Å². The lowest BCUT2D eigenvalue weighted by atomic mass is 10.2. The number of hydrogen-bond donors (Lipinski definition) is 2. The SMILES string of the molecule is COC(=O)c1sc2cc(NC(=S)Nc3ccc4c(c3)OCO4)ccc2c1Cl. The van der Waals surface area contributed by atoms with Crippen LogP contribution in [0.15, 0.2) is 36.4 Å². The zero-order chi connectivity index (χ0) is 19.0. The van der Waals surface area contributed by atoms with Crippen LogP contribution in [0.2, 0.25) is 5.02 Å². The number of esters is 1. The van der Waals surface area contributed by atoms with Crippen LogP contribution in [0.3, 0.4) is 0 Å². The molecule has 0 saturated carbocycles. The zero-order valence-electron chi connectivity index (χ0n) is 14.0. The van der Waals surface area contributed by atoms with E-state index < -0.39 is 5.97 Å². The van der Waals surface area contributed by atoms with Crippen LogP contribution in [-0.4, -0.2) is 25.0 Å². The second-order valence-corrected chi connectivity index (χ2v) is 7.43. The lowest BCUT2D eigenvalue weighted by Crippen LogP contribution is -2.18. The number of carbonyl (C=O) groups is 1. The third kappa shape index (κ3) is 3.51. The van der Waals surface area contributed by atoms with E-state index in [1.54, 1.807) is 0 Å². The van der Waals surface area contributed by atoms with Crippen LogP contribution >= 0.6 is 35.2 Å². The molecule has 3 aromatic rings. The minimum atomic E-state index is -0.448. The van der Waals surface area contributed by atoms with Gasteiger partial charge in [-0.05, 0) is 42.5 Å². The van der Waals surface area contributed by atoms with Crippen molar-refractivity contribution in [2.24, 2.45) is 0 Å². The topological polar surface area (TPSA) is 68.8 Å². The molecule has 6 nitrogen and oxygen atoms in total. The molecule has 2 heterocycles. The van der Waals surface area contributed by atoms with Gasteiger partial charge in [0.05, 0.1) is 12.1 Å². The predicted octanol–water partition coefficient (Wildman–Crippen LogP) is 4.88. The average molecular weight is 421 g/mol. The summed E-state index contributed by atoms with van der Waals surface area (Å²) in [6.45, 7) is 0.221. The summed E-state index contributed by atoms with van der Waals surface area (Å²) in [5.74, 6) is 0.935. The van der Waals surface area contributed by atoms with Crippen molar-refractivity contribution in [3.05, 3.63) is 46.3 Å². The first-order valence-corrected chi connectivity index (χ1v) is 9.43. The Morgan fingerprint density at radius 1 is 1.15 bits per heavy atom. The third-order valence-corrected chi connectivity index (χ3v) is 5.73. The number of methoxy groups -OCH3 is 1. The molecule has 1 aliphatic rings. The number of benzene rings is 2. The first kappa shape index (κ1) is 17.8. The van der Waals surface area contributed by atoms with Crippen molar-refractivity contribution in [3.8, 4) is 11.5 Å². The van der Waals surface area contributed by atoms with Crippen LogP contribution in [0.5, 0.6) is 11.5 Å². The Hall–Kier alpha value is -2.55. The fourth-order valence-corrected chi connectivity index (χ4v) is 4.34. The van der Waals surface area contributed by atoms with Crippen molar-refractivity contribution in [3.63, 3.8) is 0 Å². The zero-order valence-corrected chi connectivity index (χ0v) is 16.4. The molecule has 0 unspecified atom stereocenters. The van der Waals surface area contributed by atoms with Gasteiger partial charge in [-0.1, -0.05) is 11.6 Å². The van der Waals surface area contributed by atoms with E-state index in [1.165, 1.54) is 18.4 Å². The van der Waals surface area contributed by atoms with Gasteiger partial charge in [-0.3, -0.25) is 0 Å². The Morgan fingerprint density at radius 2 is 1.85 bits per heavy atom. The van der Waals surface area contributed by atoms with E-state index in [-0.39, 0.29) is 6.79 Å². The van der Waals surface area contributed by atoms with Crippen molar-refractivity contribution < 1.29 is 19.0 Å². The third-order valence-electron chi connectivity index (χ3n) is 3.89. The molecule has 27 heavy (non-hydrogen) atoms. The van der Waals surface area contributed by atoms with Gasteiger partial charge in [-0.25, -0.2) is 4.79 Å². The maximum absolute atomic E-state index is 11.8. The van der Waals surface area contributed by atoms with Crippen molar-refractivity contribution in [2.45, 2.75) is 0 Å². The Morgan fingerprint density at radius 3 is 2.63 bits per heavy atom. The molecule has 0 saturated heterocycles. The van der Waals surface area contributed by atoms with Gasteiger partial charge in [-0.15, -0.1) is 11.3 Å². The van der Waals surface area contributed by atoms with Gasteiger partial charge < -0.3 is 24.8 Å². The molecule has 1 aromatic heterocycles. The monoisotopic (exact) mass is 420 g/mol. The molecular weight excluding hydrogens is 408 g/mol. The maximum atomic E-state index is 11.8. The smallest absolute Gasteiger partial charge is 0.349 e. The van der Waals surface area contributed by atoms with E-state index in [2.05, 4.69) is 10.6 Å².